The average molecular weight is 393 g/mol. The van der Waals surface area contributed by atoms with Crippen LogP contribution in [0.4, 0.5) is 5.82 Å². The molecule has 1 unspecified atom stereocenters. The zero-order valence-corrected chi connectivity index (χ0v) is 17.2. The Labute approximate surface area is 170 Å². The van der Waals surface area contributed by atoms with Gasteiger partial charge in [-0.1, -0.05) is 41.9 Å². The lowest BCUT2D eigenvalue weighted by atomic mass is 9.95. The van der Waals surface area contributed by atoms with Crippen molar-refractivity contribution in [1.29, 1.82) is 0 Å². The van der Waals surface area contributed by atoms with Gasteiger partial charge in [0.05, 0.1) is 0 Å². The van der Waals surface area contributed by atoms with E-state index in [1.165, 1.54) is 11.9 Å². The lowest BCUT2D eigenvalue weighted by Crippen LogP contribution is -2.43. The number of aryl methyl sites for hydroxylation is 1. The molecule has 3 aromatic rings. The van der Waals surface area contributed by atoms with Crippen molar-refractivity contribution in [3.05, 3.63) is 36.2 Å². The van der Waals surface area contributed by atoms with Gasteiger partial charge in [0, 0.05) is 30.6 Å². The van der Waals surface area contributed by atoms with Crippen LogP contribution >= 0.6 is 0 Å². The van der Waals surface area contributed by atoms with E-state index < -0.39 is 0 Å². The molecular formula is C22H27N5O2. The Balaban J connectivity index is 1.57. The molecule has 152 valence electrons. The van der Waals surface area contributed by atoms with E-state index >= 15 is 0 Å². The smallest absolute Gasteiger partial charge is 0.263 e. The molecule has 1 aliphatic rings. The maximum absolute atomic E-state index is 12.5. The molecule has 0 spiro atoms. The number of hydrogen-bond acceptors (Lipinski definition) is 6. The molecule has 3 heterocycles. The van der Waals surface area contributed by atoms with Crippen molar-refractivity contribution in [2.75, 3.05) is 18.0 Å². The van der Waals surface area contributed by atoms with Crippen LogP contribution in [0.15, 0.2) is 35.1 Å². The normalized spacial score (nSPS) is 16.2. The minimum Gasteiger partial charge on any atom is -0.356 e. The van der Waals surface area contributed by atoms with E-state index in [0.29, 0.717) is 5.71 Å². The molecule has 1 fully saturated rings. The first-order chi connectivity index (χ1) is 14.1. The van der Waals surface area contributed by atoms with Crippen molar-refractivity contribution < 1.29 is 9.32 Å². The first-order valence-corrected chi connectivity index (χ1v) is 10.3. The molecule has 7 heteroatoms. The molecule has 1 aromatic carbocycles. The second kappa shape index (κ2) is 8.19. The highest BCUT2D eigenvalue weighted by atomic mass is 16.5. The van der Waals surface area contributed by atoms with E-state index in [-0.39, 0.29) is 17.9 Å². The van der Waals surface area contributed by atoms with Crippen LogP contribution in [0.5, 0.6) is 0 Å². The Bertz CT molecular complexity index is 990. The van der Waals surface area contributed by atoms with Gasteiger partial charge < -0.3 is 14.7 Å². The van der Waals surface area contributed by atoms with Gasteiger partial charge in [0.2, 0.25) is 5.91 Å². The van der Waals surface area contributed by atoms with Crippen molar-refractivity contribution in [2.45, 2.75) is 46.1 Å². The molecule has 0 aliphatic carbocycles. The summed E-state index contributed by atoms with van der Waals surface area (Å²) in [6, 6.07) is 8.40. The van der Waals surface area contributed by atoms with Gasteiger partial charge in [0.15, 0.2) is 0 Å². The Morgan fingerprint density at radius 1 is 1.24 bits per heavy atom. The van der Waals surface area contributed by atoms with E-state index in [1.54, 1.807) is 0 Å². The Kier molecular flexibility index (Phi) is 5.47. The number of hydrogen-bond donors (Lipinski definition) is 1. The van der Waals surface area contributed by atoms with Crippen LogP contribution in [0, 0.1) is 12.8 Å². The second-order valence-corrected chi connectivity index (χ2v) is 7.85. The number of carbonyl (C=O) groups is 1. The summed E-state index contributed by atoms with van der Waals surface area (Å²) in [5.41, 5.74) is 3.42. The molecule has 1 amide bonds. The maximum atomic E-state index is 12.5. The van der Waals surface area contributed by atoms with Gasteiger partial charge in [-0.05, 0) is 33.1 Å². The Morgan fingerprint density at radius 2 is 1.97 bits per heavy atom. The highest BCUT2D eigenvalue weighted by molar-refractivity contribution is 5.98. The van der Waals surface area contributed by atoms with Crippen LogP contribution in [0.2, 0.25) is 0 Å². The van der Waals surface area contributed by atoms with Crippen molar-refractivity contribution in [3.8, 4) is 11.3 Å². The van der Waals surface area contributed by atoms with E-state index in [1.807, 2.05) is 19.1 Å². The monoisotopic (exact) mass is 393 g/mol. The van der Waals surface area contributed by atoms with Gasteiger partial charge in [0.1, 0.15) is 23.2 Å². The van der Waals surface area contributed by atoms with Crippen LogP contribution in [-0.4, -0.2) is 40.2 Å². The third kappa shape index (κ3) is 3.95. The minimum absolute atomic E-state index is 0.0524. The largest absolute Gasteiger partial charge is 0.356 e. The van der Waals surface area contributed by atoms with Gasteiger partial charge in [-0.3, -0.25) is 4.79 Å². The van der Waals surface area contributed by atoms with E-state index in [9.17, 15) is 4.79 Å². The van der Waals surface area contributed by atoms with Crippen molar-refractivity contribution in [3.63, 3.8) is 0 Å². The van der Waals surface area contributed by atoms with Crippen molar-refractivity contribution >= 4 is 22.8 Å². The molecule has 1 saturated heterocycles. The molecule has 7 nitrogen and oxygen atoms in total. The molecule has 4 rings (SSSR count). The molecule has 0 saturated carbocycles. The number of amides is 1. The first kappa shape index (κ1) is 19.4. The lowest BCUT2D eigenvalue weighted by molar-refractivity contribution is -0.126. The van der Waals surface area contributed by atoms with Crippen LogP contribution in [-0.2, 0) is 4.79 Å². The molecular weight excluding hydrogens is 366 g/mol. The summed E-state index contributed by atoms with van der Waals surface area (Å²) in [7, 11) is 0. The Hall–Kier alpha value is -2.96. The third-order valence-electron chi connectivity index (χ3n) is 5.74. The summed E-state index contributed by atoms with van der Waals surface area (Å²) in [4.78, 5) is 23.5. The fourth-order valence-corrected chi connectivity index (χ4v) is 3.74. The summed E-state index contributed by atoms with van der Waals surface area (Å²) in [6.07, 6.45) is 4.07. The fraction of sp³-hybridized carbons (Fsp3) is 0.455. The number of aromatic nitrogens is 3. The summed E-state index contributed by atoms with van der Waals surface area (Å²) in [5.74, 6) is 1.04. The number of carbonyl (C=O) groups excluding carboxylic acids is 1. The highest BCUT2D eigenvalue weighted by Gasteiger charge is 2.28. The number of fused-ring (bicyclic) bond motifs is 1. The van der Waals surface area contributed by atoms with E-state index in [0.717, 1.165) is 54.8 Å². The molecule has 1 atom stereocenters. The number of benzene rings is 1. The maximum Gasteiger partial charge on any atom is 0.263 e. The number of nitrogens with one attached hydrogen (secondary N) is 1. The SMILES string of the molecule is CCC(C)NC(=O)C1CCN(c2ncnc3onc(-c4ccc(C)cc4)c23)CC1. The van der Waals surface area contributed by atoms with Crippen LogP contribution in [0.3, 0.4) is 0 Å². The van der Waals surface area contributed by atoms with Crippen molar-refractivity contribution in [2.24, 2.45) is 5.92 Å². The molecule has 0 radical (unpaired) electrons. The van der Waals surface area contributed by atoms with Gasteiger partial charge in [-0.25, -0.2) is 4.98 Å². The number of anilines is 1. The third-order valence-corrected chi connectivity index (χ3v) is 5.74. The average Bonchev–Trinajstić information content (AvgIpc) is 3.18. The van der Waals surface area contributed by atoms with Gasteiger partial charge in [0.25, 0.3) is 5.71 Å². The van der Waals surface area contributed by atoms with E-state index in [4.69, 9.17) is 4.52 Å². The zero-order chi connectivity index (χ0) is 20.4. The molecule has 2 aromatic heterocycles. The Morgan fingerprint density at radius 3 is 2.66 bits per heavy atom. The van der Waals surface area contributed by atoms with Gasteiger partial charge in [-0.15, -0.1) is 0 Å². The minimum atomic E-state index is 0.0524. The van der Waals surface area contributed by atoms with Crippen LogP contribution < -0.4 is 10.2 Å². The molecule has 29 heavy (non-hydrogen) atoms. The number of nitrogens with zero attached hydrogens (tertiary/aromatic N) is 4. The van der Waals surface area contributed by atoms with Crippen LogP contribution in [0.1, 0.15) is 38.7 Å². The fourth-order valence-electron chi connectivity index (χ4n) is 3.74. The quantitative estimate of drug-likeness (QED) is 0.711. The van der Waals surface area contributed by atoms with Gasteiger partial charge in [-0.2, -0.15) is 4.98 Å². The number of piperidine rings is 1. The van der Waals surface area contributed by atoms with Crippen molar-refractivity contribution in [1.82, 2.24) is 20.4 Å². The molecule has 1 N–H and O–H groups in total. The van der Waals surface area contributed by atoms with E-state index in [2.05, 4.69) is 51.3 Å². The number of rotatable bonds is 5. The van der Waals surface area contributed by atoms with Gasteiger partial charge >= 0.3 is 0 Å². The van der Waals surface area contributed by atoms with Crippen LogP contribution in [0.25, 0.3) is 22.4 Å². The topological polar surface area (TPSA) is 84.2 Å². The summed E-state index contributed by atoms with van der Waals surface area (Å²) >= 11 is 0. The summed E-state index contributed by atoms with van der Waals surface area (Å²) in [6.45, 7) is 7.72. The predicted octanol–water partition coefficient (Wildman–Crippen LogP) is 3.72. The predicted molar refractivity (Wildman–Crippen MR) is 113 cm³/mol. The summed E-state index contributed by atoms with van der Waals surface area (Å²) < 4.78 is 5.49. The first-order valence-electron chi connectivity index (χ1n) is 10.3. The molecule has 0 bridgehead atoms. The standard InChI is InChI=1S/C22H27N5O2/c1-4-15(3)25-21(28)17-9-11-27(12-10-17)20-18-19(16-7-5-14(2)6-8-16)26-29-22(18)24-13-23-20/h5-8,13,15,17H,4,9-12H2,1-3H3,(H,25,28). The lowest BCUT2D eigenvalue weighted by Gasteiger charge is -2.32. The zero-order valence-electron chi connectivity index (χ0n) is 17.2. The molecule has 1 aliphatic heterocycles. The summed E-state index contributed by atoms with van der Waals surface area (Å²) in [5, 5.41) is 8.21. The highest BCUT2D eigenvalue weighted by Crippen LogP contribution is 2.34. The second-order valence-electron chi connectivity index (χ2n) is 7.85.